The van der Waals surface area contributed by atoms with Crippen LogP contribution in [0, 0.1) is 0 Å². The Morgan fingerprint density at radius 1 is 1.24 bits per heavy atom. The van der Waals surface area contributed by atoms with Crippen LogP contribution in [0.4, 0.5) is 0 Å². The minimum Gasteiger partial charge on any atom is -0.344 e. The molecule has 21 heavy (non-hydrogen) atoms. The van der Waals surface area contributed by atoms with Gasteiger partial charge in [0, 0.05) is 46.3 Å². The predicted octanol–water partition coefficient (Wildman–Crippen LogP) is 1.33. The molecule has 1 aliphatic heterocycles. The van der Waals surface area contributed by atoms with Gasteiger partial charge in [-0.3, -0.25) is 9.69 Å². The van der Waals surface area contributed by atoms with E-state index in [2.05, 4.69) is 10.2 Å². The van der Waals surface area contributed by atoms with Crippen molar-refractivity contribution in [3.8, 4) is 0 Å². The number of rotatable bonds is 5. The molecule has 1 aromatic carbocycles. The van der Waals surface area contributed by atoms with Gasteiger partial charge in [-0.1, -0.05) is 30.3 Å². The molecule has 1 heterocycles. The molecule has 1 N–H and O–H groups in total. The lowest BCUT2D eigenvalue weighted by Crippen LogP contribution is -2.48. The fourth-order valence-electron chi connectivity index (χ4n) is 2.78. The van der Waals surface area contributed by atoms with E-state index in [1.165, 1.54) is 0 Å². The number of piperazine rings is 1. The third kappa shape index (κ3) is 4.05. The second-order valence-corrected chi connectivity index (χ2v) is 6.31. The van der Waals surface area contributed by atoms with Gasteiger partial charge in [-0.05, 0) is 19.4 Å². The lowest BCUT2D eigenvalue weighted by molar-refractivity contribution is -0.135. The second kappa shape index (κ2) is 7.05. The van der Waals surface area contributed by atoms with Crippen molar-refractivity contribution in [1.29, 1.82) is 0 Å². The van der Waals surface area contributed by atoms with Gasteiger partial charge < -0.3 is 10.2 Å². The zero-order chi connectivity index (χ0) is 15.3. The van der Waals surface area contributed by atoms with Crippen molar-refractivity contribution in [3.63, 3.8) is 0 Å². The highest BCUT2D eigenvalue weighted by Gasteiger charge is 2.32. The van der Waals surface area contributed by atoms with Crippen LogP contribution in [0.15, 0.2) is 30.3 Å². The molecular formula is C17H27N3O. The average molecular weight is 289 g/mol. The normalized spacial score (nSPS) is 16.7. The molecule has 0 aliphatic carbocycles. The van der Waals surface area contributed by atoms with E-state index in [9.17, 15) is 4.79 Å². The monoisotopic (exact) mass is 289 g/mol. The number of carbonyl (C=O) groups excluding carboxylic acids is 1. The van der Waals surface area contributed by atoms with Crippen molar-refractivity contribution >= 4 is 5.91 Å². The van der Waals surface area contributed by atoms with Crippen LogP contribution in [0.5, 0.6) is 0 Å². The van der Waals surface area contributed by atoms with E-state index in [-0.39, 0.29) is 5.91 Å². The number of benzene rings is 1. The van der Waals surface area contributed by atoms with E-state index in [1.54, 1.807) is 0 Å². The number of hydrogen-bond acceptors (Lipinski definition) is 3. The Morgan fingerprint density at radius 2 is 1.86 bits per heavy atom. The molecular weight excluding hydrogens is 262 g/mol. The highest BCUT2D eigenvalue weighted by atomic mass is 16.2. The van der Waals surface area contributed by atoms with Gasteiger partial charge in [0.25, 0.3) is 0 Å². The van der Waals surface area contributed by atoms with E-state index in [0.717, 1.165) is 44.8 Å². The Bertz CT molecular complexity index is 452. The summed E-state index contributed by atoms with van der Waals surface area (Å²) in [7, 11) is 1.91. The molecule has 0 saturated carbocycles. The van der Waals surface area contributed by atoms with Crippen LogP contribution in [0.3, 0.4) is 0 Å². The largest absolute Gasteiger partial charge is 0.344 e. The Hall–Kier alpha value is -1.39. The summed E-state index contributed by atoms with van der Waals surface area (Å²) in [5.74, 6) is 0.184. The number of amides is 1. The smallest absolute Gasteiger partial charge is 0.232 e. The van der Waals surface area contributed by atoms with E-state index < -0.39 is 5.41 Å². The van der Waals surface area contributed by atoms with Crippen molar-refractivity contribution in [2.45, 2.75) is 19.3 Å². The highest BCUT2D eigenvalue weighted by molar-refractivity contribution is 5.87. The second-order valence-electron chi connectivity index (χ2n) is 6.31. The van der Waals surface area contributed by atoms with Gasteiger partial charge in [0.2, 0.25) is 5.91 Å². The van der Waals surface area contributed by atoms with Gasteiger partial charge in [0.05, 0.1) is 5.41 Å². The Labute approximate surface area is 128 Å². The van der Waals surface area contributed by atoms with Crippen molar-refractivity contribution in [2.24, 2.45) is 0 Å². The molecule has 4 nitrogen and oxygen atoms in total. The van der Waals surface area contributed by atoms with Gasteiger partial charge in [-0.25, -0.2) is 0 Å². The van der Waals surface area contributed by atoms with Gasteiger partial charge in [-0.15, -0.1) is 0 Å². The summed E-state index contributed by atoms with van der Waals surface area (Å²) >= 11 is 0. The van der Waals surface area contributed by atoms with E-state index in [4.69, 9.17) is 0 Å². The van der Waals surface area contributed by atoms with Crippen LogP contribution in [-0.2, 0) is 10.2 Å². The first-order chi connectivity index (χ1) is 10.0. The molecule has 1 saturated heterocycles. The average Bonchev–Trinajstić information content (AvgIpc) is 2.53. The molecule has 1 aliphatic rings. The van der Waals surface area contributed by atoms with Gasteiger partial charge in [0.15, 0.2) is 0 Å². The van der Waals surface area contributed by atoms with Crippen LogP contribution in [0.2, 0.25) is 0 Å². The molecule has 4 heteroatoms. The molecule has 0 unspecified atom stereocenters. The summed E-state index contributed by atoms with van der Waals surface area (Å²) < 4.78 is 0. The van der Waals surface area contributed by atoms with Crippen molar-refractivity contribution in [1.82, 2.24) is 15.1 Å². The van der Waals surface area contributed by atoms with Crippen molar-refractivity contribution in [2.75, 3.05) is 46.3 Å². The van der Waals surface area contributed by atoms with Gasteiger partial charge in [0.1, 0.15) is 0 Å². The molecule has 1 fully saturated rings. The van der Waals surface area contributed by atoms with Gasteiger partial charge in [-0.2, -0.15) is 0 Å². The summed E-state index contributed by atoms with van der Waals surface area (Å²) in [5.41, 5.74) is 0.600. The SMILES string of the molecule is CN(CCN1CCNCC1)C(=O)C(C)(C)c1ccccc1. The number of hydrogen-bond donors (Lipinski definition) is 1. The third-order valence-electron chi connectivity index (χ3n) is 4.34. The molecule has 0 aromatic heterocycles. The van der Waals surface area contributed by atoms with Crippen LogP contribution in [-0.4, -0.2) is 62.0 Å². The Kier molecular flexibility index (Phi) is 5.37. The van der Waals surface area contributed by atoms with Crippen molar-refractivity contribution in [3.05, 3.63) is 35.9 Å². The molecule has 1 amide bonds. The van der Waals surface area contributed by atoms with Crippen molar-refractivity contribution < 1.29 is 4.79 Å². The zero-order valence-electron chi connectivity index (χ0n) is 13.4. The van der Waals surface area contributed by atoms with Crippen LogP contribution in [0.25, 0.3) is 0 Å². The number of nitrogens with one attached hydrogen (secondary N) is 1. The topological polar surface area (TPSA) is 35.6 Å². The fourth-order valence-corrected chi connectivity index (χ4v) is 2.78. The zero-order valence-corrected chi connectivity index (χ0v) is 13.4. The molecule has 1 aromatic rings. The molecule has 0 radical (unpaired) electrons. The summed E-state index contributed by atoms with van der Waals surface area (Å²) in [6.07, 6.45) is 0. The maximum Gasteiger partial charge on any atom is 0.232 e. The maximum atomic E-state index is 12.7. The Balaban J connectivity index is 1.91. The third-order valence-corrected chi connectivity index (χ3v) is 4.34. The first-order valence-corrected chi connectivity index (χ1v) is 7.76. The molecule has 0 atom stereocenters. The first-order valence-electron chi connectivity index (χ1n) is 7.76. The Morgan fingerprint density at radius 3 is 2.48 bits per heavy atom. The fraction of sp³-hybridized carbons (Fsp3) is 0.588. The first kappa shape index (κ1) is 16.0. The van der Waals surface area contributed by atoms with E-state index in [1.807, 2.05) is 56.1 Å². The summed E-state index contributed by atoms with van der Waals surface area (Å²) in [4.78, 5) is 17.0. The number of carbonyl (C=O) groups is 1. The van der Waals surface area contributed by atoms with E-state index >= 15 is 0 Å². The molecule has 0 bridgehead atoms. The van der Waals surface area contributed by atoms with Crippen LogP contribution in [0.1, 0.15) is 19.4 Å². The molecule has 2 rings (SSSR count). The van der Waals surface area contributed by atoms with Crippen LogP contribution >= 0.6 is 0 Å². The van der Waals surface area contributed by atoms with Gasteiger partial charge >= 0.3 is 0 Å². The predicted molar refractivity (Wildman–Crippen MR) is 86.4 cm³/mol. The minimum atomic E-state index is -0.473. The highest BCUT2D eigenvalue weighted by Crippen LogP contribution is 2.24. The van der Waals surface area contributed by atoms with Crippen LogP contribution < -0.4 is 5.32 Å². The summed E-state index contributed by atoms with van der Waals surface area (Å²) in [6, 6.07) is 10.0. The minimum absolute atomic E-state index is 0.184. The number of nitrogens with zero attached hydrogens (tertiary/aromatic N) is 2. The summed E-state index contributed by atoms with van der Waals surface area (Å²) in [5, 5.41) is 3.35. The quantitative estimate of drug-likeness (QED) is 0.888. The lowest BCUT2D eigenvalue weighted by Gasteiger charge is -2.33. The lowest BCUT2D eigenvalue weighted by atomic mass is 9.83. The molecule has 116 valence electrons. The standard InChI is InChI=1S/C17H27N3O/c1-17(2,15-7-5-4-6-8-15)16(21)19(3)13-14-20-11-9-18-10-12-20/h4-8,18H,9-14H2,1-3H3. The maximum absolute atomic E-state index is 12.7. The summed E-state index contributed by atoms with van der Waals surface area (Å²) in [6.45, 7) is 10.00. The van der Waals surface area contributed by atoms with E-state index in [0.29, 0.717) is 0 Å². The molecule has 0 spiro atoms. The number of likely N-dealkylation sites (N-methyl/N-ethyl adjacent to an activating group) is 1.